The maximum Gasteiger partial charge on any atom is 0.266 e. The Morgan fingerprint density at radius 3 is 2.52 bits per heavy atom. The Labute approximate surface area is 206 Å². The summed E-state index contributed by atoms with van der Waals surface area (Å²) in [5, 5.41) is 1.26. The van der Waals surface area contributed by atoms with Crippen molar-refractivity contribution in [1.82, 2.24) is 14.5 Å². The minimum atomic E-state index is -0.399. The first-order valence-corrected chi connectivity index (χ1v) is 12.5. The average molecular weight is 506 g/mol. The van der Waals surface area contributed by atoms with Crippen LogP contribution in [0.4, 0.5) is 0 Å². The summed E-state index contributed by atoms with van der Waals surface area (Å²) < 4.78 is 7.29. The van der Waals surface area contributed by atoms with Gasteiger partial charge < -0.3 is 9.64 Å². The van der Waals surface area contributed by atoms with E-state index in [-0.39, 0.29) is 23.7 Å². The van der Waals surface area contributed by atoms with Crippen LogP contribution in [0.5, 0.6) is 0 Å². The highest BCUT2D eigenvalue weighted by Crippen LogP contribution is 2.31. The molecule has 3 unspecified atom stereocenters. The number of ether oxygens (including phenoxy) is 1. The fourth-order valence-electron chi connectivity index (χ4n) is 4.04. The maximum atomic E-state index is 13.5. The minimum Gasteiger partial charge on any atom is -0.372 e. The van der Waals surface area contributed by atoms with Crippen molar-refractivity contribution in [3.05, 3.63) is 62.9 Å². The van der Waals surface area contributed by atoms with E-state index in [1.165, 1.54) is 16.3 Å². The molecule has 6 nitrogen and oxygen atoms in total. The molecule has 1 amide bonds. The highest BCUT2D eigenvalue weighted by molar-refractivity contribution is 8.00. The smallest absolute Gasteiger partial charge is 0.266 e. The summed E-state index contributed by atoms with van der Waals surface area (Å²) in [7, 11) is 0. The molecule has 4 rings (SSSR count). The molecular weight excluding hydrogens is 481 g/mol. The van der Waals surface area contributed by atoms with Gasteiger partial charge in [0.25, 0.3) is 5.56 Å². The van der Waals surface area contributed by atoms with E-state index in [1.54, 1.807) is 36.4 Å². The number of amides is 1. The summed E-state index contributed by atoms with van der Waals surface area (Å²) in [6.07, 6.45) is 0.551. The summed E-state index contributed by atoms with van der Waals surface area (Å²) in [5.74, 6) is 0.0209. The molecule has 174 valence electrons. The Bertz CT molecular complexity index is 1240. The van der Waals surface area contributed by atoms with Crippen molar-refractivity contribution in [3.63, 3.8) is 0 Å². The lowest BCUT2D eigenvalue weighted by molar-refractivity contribution is -0.142. The molecule has 33 heavy (non-hydrogen) atoms. The van der Waals surface area contributed by atoms with Crippen molar-refractivity contribution < 1.29 is 9.53 Å². The van der Waals surface area contributed by atoms with Crippen molar-refractivity contribution in [2.24, 2.45) is 0 Å². The number of carbonyl (C=O) groups excluding carboxylic acids is 1. The van der Waals surface area contributed by atoms with Gasteiger partial charge in [-0.2, -0.15) is 0 Å². The molecule has 0 N–H and O–H groups in total. The van der Waals surface area contributed by atoms with Crippen LogP contribution in [0.3, 0.4) is 0 Å². The van der Waals surface area contributed by atoms with Gasteiger partial charge in [0.15, 0.2) is 5.16 Å². The third-order valence-electron chi connectivity index (χ3n) is 5.53. The molecule has 3 aromatic rings. The van der Waals surface area contributed by atoms with Crippen LogP contribution >= 0.6 is 35.0 Å². The number of thioether (sulfide) groups is 1. The average Bonchev–Trinajstić information content (AvgIpc) is 2.78. The molecule has 0 aliphatic carbocycles. The second-order valence-corrected chi connectivity index (χ2v) is 10.2. The molecule has 0 bridgehead atoms. The van der Waals surface area contributed by atoms with E-state index in [0.29, 0.717) is 51.3 Å². The van der Waals surface area contributed by atoms with Crippen LogP contribution in [-0.4, -0.2) is 50.9 Å². The summed E-state index contributed by atoms with van der Waals surface area (Å²) in [6.45, 7) is 7.00. The number of nitrogens with zero attached hydrogens (tertiary/aromatic N) is 3. The molecular formula is C24H25Cl2N3O3S. The predicted molar refractivity (Wildman–Crippen MR) is 134 cm³/mol. The zero-order valence-electron chi connectivity index (χ0n) is 18.6. The van der Waals surface area contributed by atoms with Gasteiger partial charge in [0.2, 0.25) is 5.91 Å². The number of rotatable bonds is 5. The fraction of sp³-hybridized carbons (Fsp3) is 0.375. The number of carbonyl (C=O) groups is 1. The lowest BCUT2D eigenvalue weighted by atomic mass is 10.2. The first-order valence-electron chi connectivity index (χ1n) is 10.9. The van der Waals surface area contributed by atoms with Crippen LogP contribution in [0.2, 0.25) is 10.0 Å². The molecule has 1 aromatic heterocycles. The van der Waals surface area contributed by atoms with Crippen molar-refractivity contribution in [2.75, 3.05) is 13.1 Å². The second-order valence-electron chi connectivity index (χ2n) is 8.17. The van der Waals surface area contributed by atoms with Crippen LogP contribution in [0, 0.1) is 0 Å². The number of fused-ring (bicyclic) bond motifs is 1. The molecule has 0 radical (unpaired) electrons. The van der Waals surface area contributed by atoms with Crippen molar-refractivity contribution in [1.29, 1.82) is 0 Å². The highest BCUT2D eigenvalue weighted by atomic mass is 35.5. The Morgan fingerprint density at radius 1 is 1.15 bits per heavy atom. The first-order chi connectivity index (χ1) is 15.8. The Balaban J connectivity index is 1.77. The summed E-state index contributed by atoms with van der Waals surface area (Å²) >= 11 is 13.6. The molecule has 1 saturated heterocycles. The van der Waals surface area contributed by atoms with Crippen LogP contribution in [0.25, 0.3) is 16.6 Å². The number of morpholine rings is 1. The van der Waals surface area contributed by atoms with Crippen LogP contribution in [0.15, 0.2) is 52.4 Å². The molecule has 2 aromatic carbocycles. The highest BCUT2D eigenvalue weighted by Gasteiger charge is 2.31. The van der Waals surface area contributed by atoms with Gasteiger partial charge in [-0.25, -0.2) is 4.98 Å². The lowest BCUT2D eigenvalue weighted by Gasteiger charge is -2.36. The van der Waals surface area contributed by atoms with Gasteiger partial charge in [-0.15, -0.1) is 0 Å². The van der Waals surface area contributed by atoms with E-state index < -0.39 is 5.25 Å². The van der Waals surface area contributed by atoms with Gasteiger partial charge >= 0.3 is 0 Å². The number of hydrogen-bond donors (Lipinski definition) is 0. The van der Waals surface area contributed by atoms with Gasteiger partial charge in [-0.3, -0.25) is 14.2 Å². The monoisotopic (exact) mass is 505 g/mol. The summed E-state index contributed by atoms with van der Waals surface area (Å²) in [6, 6.07) is 12.2. The fourth-order valence-corrected chi connectivity index (χ4v) is 5.45. The third-order valence-corrected chi connectivity index (χ3v) is 7.57. The van der Waals surface area contributed by atoms with Gasteiger partial charge in [0.05, 0.1) is 44.1 Å². The third kappa shape index (κ3) is 5.06. The van der Waals surface area contributed by atoms with E-state index in [1.807, 2.05) is 31.7 Å². The molecule has 1 aliphatic heterocycles. The van der Waals surface area contributed by atoms with Crippen LogP contribution in [0.1, 0.15) is 27.2 Å². The number of hydrogen-bond acceptors (Lipinski definition) is 5. The number of aromatic nitrogens is 2. The number of para-hydroxylation sites is 1. The molecule has 1 aliphatic rings. The summed E-state index contributed by atoms with van der Waals surface area (Å²) in [4.78, 5) is 33.5. The van der Waals surface area contributed by atoms with Gasteiger partial charge in [-0.1, -0.05) is 54.0 Å². The van der Waals surface area contributed by atoms with Gasteiger partial charge in [0.1, 0.15) is 0 Å². The zero-order chi connectivity index (χ0) is 23.7. The van der Waals surface area contributed by atoms with E-state index in [4.69, 9.17) is 32.9 Å². The number of benzene rings is 2. The maximum absolute atomic E-state index is 13.5. The normalized spacial score (nSPS) is 19.6. The zero-order valence-corrected chi connectivity index (χ0v) is 21.0. The Kier molecular flexibility index (Phi) is 7.34. The largest absolute Gasteiger partial charge is 0.372 e. The molecule has 1 fully saturated rings. The van der Waals surface area contributed by atoms with Crippen molar-refractivity contribution in [3.8, 4) is 5.69 Å². The molecule has 3 atom stereocenters. The minimum absolute atomic E-state index is 0.0200. The van der Waals surface area contributed by atoms with Gasteiger partial charge in [0, 0.05) is 13.1 Å². The van der Waals surface area contributed by atoms with Gasteiger partial charge in [-0.05, 0) is 50.6 Å². The Hall–Kier alpha value is -2.06. The van der Waals surface area contributed by atoms with E-state index in [2.05, 4.69) is 0 Å². The van der Waals surface area contributed by atoms with Crippen LogP contribution < -0.4 is 5.56 Å². The summed E-state index contributed by atoms with van der Waals surface area (Å²) in [5.41, 5.74) is 0.903. The van der Waals surface area contributed by atoms with Crippen molar-refractivity contribution in [2.45, 2.75) is 49.8 Å². The standard InChI is InChI=1S/C24H25Cl2N3O3S/c1-4-21(23(31)28-12-14(2)32-15(3)13-28)33-24-27-20-8-6-5-7-17(20)22(30)29(24)16-9-10-18(25)19(26)11-16/h5-11,14-15,21H,4,12-13H2,1-3H3. The first kappa shape index (κ1) is 24.1. The second kappa shape index (κ2) is 10.1. The molecule has 2 heterocycles. The van der Waals surface area contributed by atoms with E-state index >= 15 is 0 Å². The number of halogens is 2. The van der Waals surface area contributed by atoms with Crippen LogP contribution in [-0.2, 0) is 9.53 Å². The van der Waals surface area contributed by atoms with E-state index in [9.17, 15) is 9.59 Å². The Morgan fingerprint density at radius 2 is 1.85 bits per heavy atom. The van der Waals surface area contributed by atoms with E-state index in [0.717, 1.165) is 0 Å². The lowest BCUT2D eigenvalue weighted by Crippen LogP contribution is -2.50. The topological polar surface area (TPSA) is 64.4 Å². The molecule has 0 spiro atoms. The molecule has 9 heteroatoms. The SMILES string of the molecule is CCC(Sc1nc2ccccc2c(=O)n1-c1ccc(Cl)c(Cl)c1)C(=O)N1CC(C)OC(C)C1. The predicted octanol–water partition coefficient (Wildman–Crippen LogP) is 5.20. The molecule has 0 saturated carbocycles. The quantitative estimate of drug-likeness (QED) is 0.352. The van der Waals surface area contributed by atoms with Crippen molar-refractivity contribution >= 4 is 51.8 Å².